The quantitative estimate of drug-likeness (QED) is 0.0872. The summed E-state index contributed by atoms with van der Waals surface area (Å²) in [5.41, 5.74) is 36.3. The minimum Gasteiger partial charge on any atom is -0.456 e. The Morgan fingerprint density at radius 2 is 0.329 bits per heavy atom. The molecule has 6 heterocycles. The third-order valence-corrected chi connectivity index (χ3v) is 27.0. The molecule has 0 spiro atoms. The molecule has 0 saturated heterocycles. The van der Waals surface area contributed by atoms with Gasteiger partial charge in [0, 0.05) is 82.4 Å². The molecule has 0 saturated carbocycles. The summed E-state index contributed by atoms with van der Waals surface area (Å²) in [6.07, 6.45) is 0. The number of furan rings is 3. The molecule has 0 fully saturated rings. The average Bonchev–Trinajstić information content (AvgIpc) is 1.51. The minimum absolute atomic E-state index is 0.702. The van der Waals surface area contributed by atoms with Gasteiger partial charge in [-0.1, -0.05) is 443 Å². The number of hydrogen-bond donors (Lipinski definition) is 0. The first-order valence-corrected chi connectivity index (χ1v) is 48.1. The normalized spacial score (nSPS) is 11.4. The highest BCUT2D eigenvalue weighted by molar-refractivity contribution is 6.14. The van der Waals surface area contributed by atoms with Crippen molar-refractivity contribution in [1.29, 1.82) is 0 Å². The van der Waals surface area contributed by atoms with E-state index in [1.54, 1.807) is 0 Å². The van der Waals surface area contributed by atoms with Crippen LogP contribution in [0.15, 0.2) is 535 Å². The predicted octanol–water partition coefficient (Wildman–Crippen LogP) is 36.1. The Morgan fingerprint density at radius 3 is 0.671 bits per heavy atom. The van der Waals surface area contributed by atoms with Crippen LogP contribution in [-0.4, -0.2) is 29.9 Å². The van der Waals surface area contributed by atoms with E-state index in [4.69, 9.17) is 43.2 Å². The Morgan fingerprint density at radius 1 is 0.112 bits per heavy atom. The van der Waals surface area contributed by atoms with Crippen molar-refractivity contribution in [3.05, 3.63) is 522 Å². The molecule has 27 aromatic rings. The number of benzene rings is 21. The summed E-state index contributed by atoms with van der Waals surface area (Å²) in [4.78, 5) is 30.2. The second-order valence-corrected chi connectivity index (χ2v) is 35.9. The zero-order chi connectivity index (χ0) is 94.9. The van der Waals surface area contributed by atoms with E-state index < -0.39 is 0 Å². The summed E-state index contributed by atoms with van der Waals surface area (Å²) >= 11 is 0. The van der Waals surface area contributed by atoms with E-state index in [0.717, 1.165) is 195 Å². The average molecular weight is 1830 g/mol. The van der Waals surface area contributed by atoms with Crippen LogP contribution in [0.2, 0.25) is 0 Å². The molecule has 0 aliphatic rings. The van der Waals surface area contributed by atoms with Crippen LogP contribution < -0.4 is 0 Å². The van der Waals surface area contributed by atoms with E-state index in [1.165, 1.54) is 54.9 Å². The van der Waals surface area contributed by atoms with Crippen molar-refractivity contribution in [2.75, 3.05) is 0 Å². The molecular formula is C134H86N6O3. The van der Waals surface area contributed by atoms with Crippen LogP contribution in [0.5, 0.6) is 0 Å². The van der Waals surface area contributed by atoms with Gasteiger partial charge < -0.3 is 13.3 Å². The van der Waals surface area contributed by atoms with Gasteiger partial charge >= 0.3 is 0 Å². The van der Waals surface area contributed by atoms with Gasteiger partial charge in [-0.25, -0.2) is 29.9 Å². The molecule has 670 valence electrons. The lowest BCUT2D eigenvalue weighted by molar-refractivity contribution is 0.668. The van der Waals surface area contributed by atoms with Gasteiger partial charge in [0.1, 0.15) is 33.5 Å². The van der Waals surface area contributed by atoms with Gasteiger partial charge in [0.15, 0.2) is 17.5 Å². The lowest BCUT2D eigenvalue weighted by atomic mass is 9.92. The Kier molecular flexibility index (Phi) is 22.5. The lowest BCUT2D eigenvalue weighted by Gasteiger charge is -2.13. The minimum atomic E-state index is 0.702. The van der Waals surface area contributed by atoms with Crippen LogP contribution in [0.4, 0.5) is 0 Å². The van der Waals surface area contributed by atoms with Crippen LogP contribution in [-0.2, 0) is 0 Å². The summed E-state index contributed by atoms with van der Waals surface area (Å²) in [5.74, 6) is 2.12. The van der Waals surface area contributed by atoms with Crippen LogP contribution >= 0.6 is 0 Å². The van der Waals surface area contributed by atoms with Crippen molar-refractivity contribution < 1.29 is 13.3 Å². The van der Waals surface area contributed by atoms with E-state index in [2.05, 4.69) is 413 Å². The van der Waals surface area contributed by atoms with Crippen molar-refractivity contribution in [2.24, 2.45) is 0 Å². The van der Waals surface area contributed by atoms with Crippen LogP contribution in [0.3, 0.4) is 0 Å². The topological polar surface area (TPSA) is 117 Å². The number of para-hydroxylation sites is 3. The molecule has 0 aliphatic heterocycles. The first-order valence-electron chi connectivity index (χ1n) is 48.1. The molecule has 0 radical (unpaired) electrons. The molecule has 0 amide bonds. The van der Waals surface area contributed by atoms with Crippen molar-refractivity contribution in [3.63, 3.8) is 0 Å². The molecule has 9 heteroatoms. The number of fused-ring (bicyclic) bond motifs is 12. The highest BCUT2D eigenvalue weighted by Gasteiger charge is 2.21. The van der Waals surface area contributed by atoms with Gasteiger partial charge in [0.2, 0.25) is 0 Å². The van der Waals surface area contributed by atoms with Crippen LogP contribution in [0.25, 0.3) is 267 Å². The molecule has 143 heavy (non-hydrogen) atoms. The second-order valence-electron chi connectivity index (χ2n) is 35.9. The number of nitrogens with zero attached hydrogens (tertiary/aromatic N) is 6. The standard InChI is InChI=1S/C54H34N2O.2C40H26N2O/c1-2-10-41(11-3-1)54-55-50(34-51(56-54)40-28-24-38(25-29-40)49-32-43-12-4-5-13-44(43)45-14-6-7-15-46(45)49)39-26-22-36(23-27-39)35-18-20-37(21-19-35)42-30-31-48-47-16-8-9-17-52(47)57-53(48)33-42;1-3-9-27(10-4-1)28-15-19-30(20-16-28)36-26-37(42-40(41-36)32-11-5-2-6-12-32)31-21-17-29(18-22-31)33-23-24-39-35(25-33)34-13-7-8-14-38(34)43-39;1-3-9-27(10-4-1)28-15-19-30(20-16-28)36-26-37(42-40(41-36)32-11-5-2-6-12-32)31-21-17-29(18-22-31)33-23-24-35-34-13-7-8-14-38(34)43-39(35)25-33/h1-34H;2*1-26H. The highest BCUT2D eigenvalue weighted by atomic mass is 16.3. The molecule has 0 aliphatic carbocycles. The van der Waals surface area contributed by atoms with Crippen molar-refractivity contribution in [2.45, 2.75) is 0 Å². The number of hydrogen-bond acceptors (Lipinski definition) is 9. The van der Waals surface area contributed by atoms with Gasteiger partial charge in [0.05, 0.1) is 34.2 Å². The summed E-state index contributed by atoms with van der Waals surface area (Å²) in [5, 5.41) is 11.9. The van der Waals surface area contributed by atoms with Crippen LogP contribution in [0, 0.1) is 0 Å². The second kappa shape index (κ2) is 37.7. The Labute approximate surface area is 826 Å². The van der Waals surface area contributed by atoms with Crippen molar-refractivity contribution in [1.82, 2.24) is 29.9 Å². The van der Waals surface area contributed by atoms with E-state index in [1.807, 2.05) is 109 Å². The predicted molar refractivity (Wildman–Crippen MR) is 590 cm³/mol. The Hall–Kier alpha value is -19.2. The maximum Gasteiger partial charge on any atom is 0.160 e. The highest BCUT2D eigenvalue weighted by Crippen LogP contribution is 2.43. The van der Waals surface area contributed by atoms with Crippen LogP contribution in [0.1, 0.15) is 0 Å². The first kappa shape index (κ1) is 85.4. The number of aromatic nitrogens is 6. The Balaban J connectivity index is 0.000000114. The third-order valence-electron chi connectivity index (χ3n) is 27.0. The summed E-state index contributed by atoms with van der Waals surface area (Å²) in [6.45, 7) is 0. The molecule has 27 rings (SSSR count). The fourth-order valence-electron chi connectivity index (χ4n) is 19.5. The molecule has 0 bridgehead atoms. The molecule has 0 N–H and O–H groups in total. The summed E-state index contributed by atoms with van der Waals surface area (Å²) < 4.78 is 18.3. The van der Waals surface area contributed by atoms with Crippen molar-refractivity contribution >= 4 is 87.4 Å². The maximum atomic E-state index is 6.16. The van der Waals surface area contributed by atoms with E-state index >= 15 is 0 Å². The fraction of sp³-hybridized carbons (Fsp3) is 0. The van der Waals surface area contributed by atoms with Gasteiger partial charge in [-0.05, 0) is 178 Å². The molecule has 21 aromatic carbocycles. The molecule has 0 atom stereocenters. The summed E-state index contributed by atoms with van der Waals surface area (Å²) in [6, 6.07) is 182. The molecule has 0 unspecified atom stereocenters. The lowest BCUT2D eigenvalue weighted by Crippen LogP contribution is -1.96. The van der Waals surface area contributed by atoms with Gasteiger partial charge in [0.25, 0.3) is 0 Å². The first-order chi connectivity index (χ1) is 70.8. The molecule has 6 aromatic heterocycles. The Bertz CT molecular complexity index is 9360. The largest absolute Gasteiger partial charge is 0.456 e. The molecule has 9 nitrogen and oxygen atoms in total. The zero-order valence-corrected chi connectivity index (χ0v) is 77.6. The fourth-order valence-corrected chi connectivity index (χ4v) is 19.5. The van der Waals surface area contributed by atoms with Gasteiger partial charge in [-0.3, -0.25) is 0 Å². The molecular weight excluding hydrogens is 1740 g/mol. The SMILES string of the molecule is c1ccc(-c2ccc(-c3cc(-c4ccc(-c5ccc6c(c5)oc5ccccc56)cc4)nc(-c4ccccc4)n3)cc2)cc1.c1ccc(-c2ccc(-c3cc(-c4ccc(-c5ccc6oc7ccccc7c6c5)cc4)nc(-c4ccccc4)n3)cc2)cc1.c1ccc(-c2nc(-c3ccc(-c4ccc(-c5ccc6c(c5)oc5ccccc56)cc4)cc3)cc(-c3ccc(-c4cc5ccccc5c5ccccc45)cc3)n2)cc1. The summed E-state index contributed by atoms with van der Waals surface area (Å²) in [7, 11) is 0. The number of rotatable bonds is 16. The van der Waals surface area contributed by atoms with E-state index in [9.17, 15) is 0 Å². The monoisotopic (exact) mass is 1830 g/mol. The van der Waals surface area contributed by atoms with Crippen molar-refractivity contribution in [3.8, 4) is 180 Å². The third kappa shape index (κ3) is 17.4. The van der Waals surface area contributed by atoms with Gasteiger partial charge in [-0.15, -0.1) is 0 Å². The van der Waals surface area contributed by atoms with E-state index in [-0.39, 0.29) is 0 Å². The van der Waals surface area contributed by atoms with Gasteiger partial charge in [-0.2, -0.15) is 0 Å². The smallest absolute Gasteiger partial charge is 0.160 e. The zero-order valence-electron chi connectivity index (χ0n) is 77.6. The van der Waals surface area contributed by atoms with E-state index in [0.29, 0.717) is 17.5 Å². The maximum absolute atomic E-state index is 6.16.